The first-order valence-electron chi connectivity index (χ1n) is 4.83. The van der Waals surface area contributed by atoms with E-state index in [1.165, 1.54) is 0 Å². The van der Waals surface area contributed by atoms with Gasteiger partial charge in [-0.1, -0.05) is 36.2 Å². The smallest absolute Gasteiger partial charge is 0.102 e. The molecule has 2 atom stereocenters. The molecule has 82 valence electrons. The van der Waals surface area contributed by atoms with Crippen LogP contribution >= 0.6 is 35.0 Å². The van der Waals surface area contributed by atoms with E-state index in [0.29, 0.717) is 10.0 Å². The molecule has 1 aliphatic heterocycles. The Labute approximate surface area is 104 Å². The number of thioether (sulfide) groups is 1. The highest BCUT2D eigenvalue weighted by atomic mass is 35.5. The Morgan fingerprint density at radius 1 is 1.40 bits per heavy atom. The minimum Gasteiger partial charge on any atom is -0.384 e. The monoisotopic (exact) mass is 262 g/mol. The first-order valence-corrected chi connectivity index (χ1v) is 6.64. The van der Waals surface area contributed by atoms with Gasteiger partial charge in [-0.05, 0) is 29.9 Å². The molecule has 0 spiro atoms. The predicted molar refractivity (Wildman–Crippen MR) is 66.9 cm³/mol. The third kappa shape index (κ3) is 2.01. The lowest BCUT2D eigenvalue weighted by Crippen LogP contribution is -2.31. The van der Waals surface area contributed by atoms with Gasteiger partial charge in [-0.2, -0.15) is 11.8 Å². The molecule has 1 nitrogen and oxygen atoms in total. The van der Waals surface area contributed by atoms with Crippen molar-refractivity contribution in [2.45, 2.75) is 24.2 Å². The number of rotatable bonds is 1. The van der Waals surface area contributed by atoms with Gasteiger partial charge in [-0.3, -0.25) is 0 Å². The summed E-state index contributed by atoms with van der Waals surface area (Å²) in [6.07, 6.45) is 0.775. The summed E-state index contributed by atoms with van der Waals surface area (Å²) in [4.78, 5) is 0. The van der Waals surface area contributed by atoms with Crippen LogP contribution in [0.1, 0.15) is 18.9 Å². The number of benzene rings is 1. The molecule has 0 aliphatic carbocycles. The van der Waals surface area contributed by atoms with Gasteiger partial charge in [0.05, 0.1) is 10.0 Å². The van der Waals surface area contributed by atoms with Crippen LogP contribution in [0.5, 0.6) is 0 Å². The van der Waals surface area contributed by atoms with E-state index in [4.69, 9.17) is 23.2 Å². The summed E-state index contributed by atoms with van der Waals surface area (Å²) in [6, 6.07) is 5.37. The Bertz CT molecular complexity index is 383. The van der Waals surface area contributed by atoms with E-state index in [2.05, 4.69) is 0 Å². The molecule has 1 aliphatic rings. The molecule has 1 saturated heterocycles. The van der Waals surface area contributed by atoms with Crippen LogP contribution in [0.4, 0.5) is 0 Å². The summed E-state index contributed by atoms with van der Waals surface area (Å²) in [5, 5.41) is 11.8. The second-order valence-corrected chi connectivity index (χ2v) is 6.08. The standard InChI is InChI=1S/C11H12Cl2OS/c1-7-11(14,4-5-15-7)8-2-3-9(12)10(13)6-8/h2-3,6-7,14H,4-5H2,1H3. The number of hydrogen-bond donors (Lipinski definition) is 1. The van der Waals surface area contributed by atoms with Crippen molar-refractivity contribution in [3.8, 4) is 0 Å². The van der Waals surface area contributed by atoms with E-state index in [-0.39, 0.29) is 5.25 Å². The quantitative estimate of drug-likeness (QED) is 0.833. The van der Waals surface area contributed by atoms with Crippen molar-refractivity contribution in [3.63, 3.8) is 0 Å². The highest BCUT2D eigenvalue weighted by Crippen LogP contribution is 2.44. The van der Waals surface area contributed by atoms with Gasteiger partial charge in [0.2, 0.25) is 0 Å². The molecule has 0 radical (unpaired) electrons. The van der Waals surface area contributed by atoms with Gasteiger partial charge in [-0.15, -0.1) is 0 Å². The maximum absolute atomic E-state index is 10.5. The summed E-state index contributed by atoms with van der Waals surface area (Å²) < 4.78 is 0. The fourth-order valence-electron chi connectivity index (χ4n) is 1.88. The van der Waals surface area contributed by atoms with E-state index >= 15 is 0 Å². The van der Waals surface area contributed by atoms with Crippen molar-refractivity contribution in [3.05, 3.63) is 33.8 Å². The summed E-state index contributed by atoms with van der Waals surface area (Å²) in [7, 11) is 0. The van der Waals surface area contributed by atoms with Crippen LogP contribution in [0.3, 0.4) is 0 Å². The molecule has 0 aromatic heterocycles. The average molecular weight is 263 g/mol. The number of aliphatic hydroxyl groups is 1. The van der Waals surface area contributed by atoms with Gasteiger partial charge < -0.3 is 5.11 Å². The van der Waals surface area contributed by atoms with E-state index < -0.39 is 5.60 Å². The zero-order valence-corrected chi connectivity index (χ0v) is 10.7. The van der Waals surface area contributed by atoms with Crippen molar-refractivity contribution >= 4 is 35.0 Å². The van der Waals surface area contributed by atoms with Crippen LogP contribution in [-0.4, -0.2) is 16.1 Å². The largest absolute Gasteiger partial charge is 0.384 e. The fraction of sp³-hybridized carbons (Fsp3) is 0.455. The highest BCUT2D eigenvalue weighted by molar-refractivity contribution is 8.00. The molecular formula is C11H12Cl2OS. The summed E-state index contributed by atoms with van der Waals surface area (Å²) >= 11 is 13.6. The lowest BCUT2D eigenvalue weighted by molar-refractivity contribution is 0.0427. The van der Waals surface area contributed by atoms with Gasteiger partial charge in [0.15, 0.2) is 0 Å². The summed E-state index contributed by atoms with van der Waals surface area (Å²) in [5.74, 6) is 0.984. The SMILES string of the molecule is CC1SCCC1(O)c1ccc(Cl)c(Cl)c1. The molecule has 15 heavy (non-hydrogen) atoms. The Hall–Kier alpha value is 0.110. The third-order valence-corrected chi connectivity index (χ3v) is 5.01. The van der Waals surface area contributed by atoms with E-state index in [1.807, 2.05) is 13.0 Å². The first kappa shape index (κ1) is 11.6. The molecule has 0 amide bonds. The van der Waals surface area contributed by atoms with Crippen molar-refractivity contribution in [1.82, 2.24) is 0 Å². The lowest BCUT2D eigenvalue weighted by atomic mass is 9.89. The Balaban J connectivity index is 2.40. The van der Waals surface area contributed by atoms with Gasteiger partial charge >= 0.3 is 0 Å². The van der Waals surface area contributed by atoms with Crippen LogP contribution in [0.25, 0.3) is 0 Å². The second-order valence-electron chi connectivity index (χ2n) is 3.82. The molecule has 2 unspecified atom stereocenters. The molecule has 0 bridgehead atoms. The van der Waals surface area contributed by atoms with E-state index in [9.17, 15) is 5.11 Å². The zero-order chi connectivity index (χ0) is 11.1. The molecule has 1 fully saturated rings. The van der Waals surface area contributed by atoms with Crippen LogP contribution in [0, 0.1) is 0 Å². The molecule has 0 saturated carbocycles. The average Bonchev–Trinajstić information content (AvgIpc) is 2.53. The van der Waals surface area contributed by atoms with Crippen molar-refractivity contribution in [2.75, 3.05) is 5.75 Å². The fourth-order valence-corrected chi connectivity index (χ4v) is 3.49. The Morgan fingerprint density at radius 2 is 2.13 bits per heavy atom. The molecule has 1 aromatic rings. The minimum absolute atomic E-state index is 0.203. The Kier molecular flexibility index (Phi) is 3.22. The molecule has 1 heterocycles. The topological polar surface area (TPSA) is 20.2 Å². The van der Waals surface area contributed by atoms with Gasteiger partial charge in [0, 0.05) is 5.25 Å². The second kappa shape index (κ2) is 4.17. The Morgan fingerprint density at radius 3 is 2.67 bits per heavy atom. The molecule has 1 N–H and O–H groups in total. The van der Waals surface area contributed by atoms with E-state index in [1.54, 1.807) is 23.9 Å². The zero-order valence-electron chi connectivity index (χ0n) is 8.34. The molecular weight excluding hydrogens is 251 g/mol. The lowest BCUT2D eigenvalue weighted by Gasteiger charge is -2.27. The van der Waals surface area contributed by atoms with Crippen LogP contribution in [-0.2, 0) is 5.60 Å². The number of halogens is 2. The third-order valence-electron chi connectivity index (χ3n) is 2.94. The van der Waals surface area contributed by atoms with Crippen molar-refractivity contribution in [1.29, 1.82) is 0 Å². The first-order chi connectivity index (χ1) is 7.04. The van der Waals surface area contributed by atoms with Crippen LogP contribution < -0.4 is 0 Å². The van der Waals surface area contributed by atoms with Crippen molar-refractivity contribution < 1.29 is 5.11 Å². The van der Waals surface area contributed by atoms with Gasteiger partial charge in [0.1, 0.15) is 5.60 Å². The van der Waals surface area contributed by atoms with Crippen molar-refractivity contribution in [2.24, 2.45) is 0 Å². The minimum atomic E-state index is -0.751. The summed E-state index contributed by atoms with van der Waals surface area (Å²) in [5.41, 5.74) is 0.119. The highest BCUT2D eigenvalue weighted by Gasteiger charge is 2.40. The van der Waals surface area contributed by atoms with Gasteiger partial charge in [0.25, 0.3) is 0 Å². The maximum atomic E-state index is 10.5. The van der Waals surface area contributed by atoms with Gasteiger partial charge in [-0.25, -0.2) is 0 Å². The molecule has 2 rings (SSSR count). The maximum Gasteiger partial charge on any atom is 0.102 e. The van der Waals surface area contributed by atoms with Crippen LogP contribution in [0.2, 0.25) is 10.0 Å². The number of hydrogen-bond acceptors (Lipinski definition) is 2. The predicted octanol–water partition coefficient (Wildman–Crippen LogP) is 3.71. The normalized spacial score (nSPS) is 30.8. The van der Waals surface area contributed by atoms with E-state index in [0.717, 1.165) is 17.7 Å². The van der Waals surface area contributed by atoms with Crippen LogP contribution in [0.15, 0.2) is 18.2 Å². The molecule has 4 heteroatoms. The molecule has 1 aromatic carbocycles. The summed E-state index contributed by atoms with van der Waals surface area (Å²) in [6.45, 7) is 2.04.